The number of carboxylic acid groups (broad SMARTS) is 1. The Labute approximate surface area is 85.7 Å². The predicted octanol–water partition coefficient (Wildman–Crippen LogP) is 2.00. The topological polar surface area (TPSA) is 63.3 Å². The fourth-order valence-electron chi connectivity index (χ4n) is 1.75. The first-order valence-corrected chi connectivity index (χ1v) is 5.57. The summed E-state index contributed by atoms with van der Waals surface area (Å²) in [6.07, 6.45) is 6.49. The van der Waals surface area contributed by atoms with E-state index in [0.29, 0.717) is 5.92 Å². The second-order valence-corrected chi connectivity index (χ2v) is 4.61. The highest BCUT2D eigenvalue weighted by molar-refractivity contribution is 5.67. The van der Waals surface area contributed by atoms with Crippen molar-refractivity contribution in [2.75, 3.05) is 0 Å². The van der Waals surface area contributed by atoms with E-state index in [1.54, 1.807) is 0 Å². The summed E-state index contributed by atoms with van der Waals surface area (Å²) >= 11 is 0. The average molecular weight is 199 g/mol. The van der Waals surface area contributed by atoms with Gasteiger partial charge >= 0.3 is 5.97 Å². The number of aliphatic carboxylic acids is 1. The van der Waals surface area contributed by atoms with Crippen LogP contribution in [0.25, 0.3) is 0 Å². The van der Waals surface area contributed by atoms with Crippen LogP contribution in [0.15, 0.2) is 0 Å². The molecule has 0 bridgehead atoms. The van der Waals surface area contributed by atoms with Gasteiger partial charge in [-0.3, -0.25) is 4.79 Å². The zero-order valence-corrected chi connectivity index (χ0v) is 8.91. The summed E-state index contributed by atoms with van der Waals surface area (Å²) in [5, 5.41) is 8.58. The van der Waals surface area contributed by atoms with Gasteiger partial charge in [-0.25, -0.2) is 0 Å². The molecule has 0 aromatic rings. The van der Waals surface area contributed by atoms with E-state index in [4.69, 9.17) is 10.8 Å². The van der Waals surface area contributed by atoms with Crippen LogP contribution in [-0.2, 0) is 4.79 Å². The highest BCUT2D eigenvalue weighted by atomic mass is 16.4. The Kier molecular flexibility index (Phi) is 4.39. The molecule has 3 N–H and O–H groups in total. The van der Waals surface area contributed by atoms with Crippen molar-refractivity contribution in [2.45, 2.75) is 51.5 Å². The second kappa shape index (κ2) is 5.35. The Bertz CT molecular complexity index is 190. The Morgan fingerprint density at radius 2 is 2.21 bits per heavy atom. The van der Waals surface area contributed by atoms with Gasteiger partial charge in [-0.1, -0.05) is 32.6 Å². The Morgan fingerprint density at radius 3 is 2.71 bits per heavy atom. The van der Waals surface area contributed by atoms with E-state index < -0.39 is 5.97 Å². The van der Waals surface area contributed by atoms with Gasteiger partial charge < -0.3 is 10.8 Å². The number of carbonyl (C=O) groups is 1. The van der Waals surface area contributed by atoms with Gasteiger partial charge in [-0.05, 0) is 18.3 Å². The fraction of sp³-hybridized carbons (Fsp3) is 0.909. The molecule has 3 nitrogen and oxygen atoms in total. The number of hydrogen-bond donors (Lipinski definition) is 2. The average Bonchev–Trinajstić information content (AvgIpc) is 2.86. The van der Waals surface area contributed by atoms with Crippen molar-refractivity contribution in [1.29, 1.82) is 0 Å². The van der Waals surface area contributed by atoms with Gasteiger partial charge in [0.2, 0.25) is 0 Å². The van der Waals surface area contributed by atoms with Gasteiger partial charge in [0.25, 0.3) is 0 Å². The van der Waals surface area contributed by atoms with Crippen LogP contribution < -0.4 is 5.73 Å². The molecule has 3 heteroatoms. The van der Waals surface area contributed by atoms with Crippen LogP contribution in [0.2, 0.25) is 0 Å². The second-order valence-electron chi connectivity index (χ2n) is 4.61. The molecule has 0 saturated heterocycles. The van der Waals surface area contributed by atoms with Crippen molar-refractivity contribution >= 4 is 5.97 Å². The van der Waals surface area contributed by atoms with Crippen LogP contribution in [0.4, 0.5) is 0 Å². The number of rotatable bonds is 7. The molecule has 0 aliphatic heterocycles. The summed E-state index contributed by atoms with van der Waals surface area (Å²) in [6, 6.07) is -0.174. The lowest BCUT2D eigenvalue weighted by molar-refractivity contribution is -0.137. The molecule has 82 valence electrons. The van der Waals surface area contributed by atoms with Gasteiger partial charge in [-0.15, -0.1) is 0 Å². The van der Waals surface area contributed by atoms with Crippen LogP contribution in [0.3, 0.4) is 0 Å². The molecule has 0 aromatic carbocycles. The first kappa shape index (κ1) is 11.5. The minimum Gasteiger partial charge on any atom is -0.481 e. The number of hydrogen-bond acceptors (Lipinski definition) is 2. The highest BCUT2D eigenvalue weighted by Gasteiger charge is 2.21. The van der Waals surface area contributed by atoms with Gasteiger partial charge in [-0.2, -0.15) is 0 Å². The first-order valence-electron chi connectivity index (χ1n) is 5.57. The zero-order valence-electron chi connectivity index (χ0n) is 8.91. The summed E-state index contributed by atoms with van der Waals surface area (Å²) in [5.41, 5.74) is 5.77. The third-order valence-corrected chi connectivity index (χ3v) is 3.11. The Balaban J connectivity index is 2.05. The maximum atomic E-state index is 10.4. The maximum absolute atomic E-state index is 10.4. The minimum atomic E-state index is -0.786. The molecular weight excluding hydrogens is 178 g/mol. The van der Waals surface area contributed by atoms with Crippen LogP contribution in [0.5, 0.6) is 0 Å². The predicted molar refractivity (Wildman–Crippen MR) is 56.0 cm³/mol. The van der Waals surface area contributed by atoms with Crippen LogP contribution in [0, 0.1) is 11.8 Å². The highest BCUT2D eigenvalue weighted by Crippen LogP contribution is 2.34. The molecule has 1 fully saturated rings. The summed E-state index contributed by atoms with van der Waals surface area (Å²) in [7, 11) is 0. The molecule has 0 amide bonds. The molecule has 2 atom stereocenters. The number of nitrogens with two attached hydrogens (primary N) is 1. The standard InChI is InChI=1S/C11H21NO2/c1-8(10(12)7-11(13)14)3-2-4-9-5-6-9/h8-10H,2-7,12H2,1H3,(H,13,14). The molecule has 14 heavy (non-hydrogen) atoms. The zero-order chi connectivity index (χ0) is 10.6. The lowest BCUT2D eigenvalue weighted by Gasteiger charge is -2.17. The Morgan fingerprint density at radius 1 is 1.57 bits per heavy atom. The quantitative estimate of drug-likeness (QED) is 0.659. The van der Waals surface area contributed by atoms with Crippen molar-refractivity contribution in [3.63, 3.8) is 0 Å². The monoisotopic (exact) mass is 199 g/mol. The van der Waals surface area contributed by atoms with E-state index in [1.165, 1.54) is 25.7 Å². The van der Waals surface area contributed by atoms with E-state index in [9.17, 15) is 4.79 Å². The Hall–Kier alpha value is -0.570. The van der Waals surface area contributed by atoms with E-state index in [-0.39, 0.29) is 12.5 Å². The van der Waals surface area contributed by atoms with Crippen molar-refractivity contribution in [3.8, 4) is 0 Å². The molecule has 0 heterocycles. The van der Waals surface area contributed by atoms with E-state index in [0.717, 1.165) is 12.3 Å². The maximum Gasteiger partial charge on any atom is 0.304 e. The molecule has 1 aliphatic carbocycles. The van der Waals surface area contributed by atoms with Gasteiger partial charge in [0.1, 0.15) is 0 Å². The lowest BCUT2D eigenvalue weighted by atomic mass is 9.93. The third kappa shape index (κ3) is 4.61. The fourth-order valence-corrected chi connectivity index (χ4v) is 1.75. The van der Waals surface area contributed by atoms with Crippen molar-refractivity contribution in [2.24, 2.45) is 17.6 Å². The number of carboxylic acids is 1. The van der Waals surface area contributed by atoms with Gasteiger partial charge in [0, 0.05) is 6.04 Å². The molecule has 1 aliphatic rings. The normalized spacial score (nSPS) is 20.4. The summed E-state index contributed by atoms with van der Waals surface area (Å²) in [4.78, 5) is 10.4. The SMILES string of the molecule is CC(CCCC1CC1)C(N)CC(=O)O. The lowest BCUT2D eigenvalue weighted by Crippen LogP contribution is -2.30. The van der Waals surface area contributed by atoms with Crippen LogP contribution in [0.1, 0.15) is 45.4 Å². The minimum absolute atomic E-state index is 0.102. The van der Waals surface area contributed by atoms with Gasteiger partial charge in [0.05, 0.1) is 6.42 Å². The summed E-state index contributed by atoms with van der Waals surface area (Å²) in [6.45, 7) is 2.06. The van der Waals surface area contributed by atoms with Crippen LogP contribution >= 0.6 is 0 Å². The molecule has 0 spiro atoms. The third-order valence-electron chi connectivity index (χ3n) is 3.11. The first-order chi connectivity index (χ1) is 6.59. The van der Waals surface area contributed by atoms with E-state index in [2.05, 4.69) is 6.92 Å². The molecule has 0 aromatic heterocycles. The molecular formula is C11H21NO2. The van der Waals surface area contributed by atoms with Crippen molar-refractivity contribution in [3.05, 3.63) is 0 Å². The largest absolute Gasteiger partial charge is 0.481 e. The van der Waals surface area contributed by atoms with E-state index >= 15 is 0 Å². The summed E-state index contributed by atoms with van der Waals surface area (Å²) in [5.74, 6) is 0.522. The molecule has 1 rings (SSSR count). The molecule has 1 saturated carbocycles. The smallest absolute Gasteiger partial charge is 0.304 e. The van der Waals surface area contributed by atoms with Gasteiger partial charge in [0.15, 0.2) is 0 Å². The van der Waals surface area contributed by atoms with Crippen molar-refractivity contribution in [1.82, 2.24) is 0 Å². The molecule has 0 radical (unpaired) electrons. The van der Waals surface area contributed by atoms with Crippen molar-refractivity contribution < 1.29 is 9.90 Å². The summed E-state index contributed by atoms with van der Waals surface area (Å²) < 4.78 is 0. The molecule has 2 unspecified atom stereocenters. The van der Waals surface area contributed by atoms with Crippen LogP contribution in [-0.4, -0.2) is 17.1 Å². The van der Waals surface area contributed by atoms with E-state index in [1.807, 2.05) is 0 Å².